The van der Waals surface area contributed by atoms with Crippen LogP contribution < -0.4 is 11.1 Å². The number of anilines is 2. The number of aliphatic imine (C=N–C) groups is 1. The van der Waals surface area contributed by atoms with Crippen molar-refractivity contribution >= 4 is 34.0 Å². The average molecular weight is 441 g/mol. The van der Waals surface area contributed by atoms with Gasteiger partial charge in [-0.25, -0.2) is 4.99 Å². The van der Waals surface area contributed by atoms with Crippen LogP contribution in [0.25, 0.3) is 10.8 Å². The molecule has 1 fully saturated rings. The third-order valence-corrected chi connectivity index (χ3v) is 7.40. The maximum Gasteiger partial charge on any atom is 0.232 e. The number of benzene rings is 3. The fourth-order valence-electron chi connectivity index (χ4n) is 5.68. The lowest BCUT2D eigenvalue weighted by molar-refractivity contribution is -0.133. The van der Waals surface area contributed by atoms with Crippen molar-refractivity contribution < 1.29 is 9.53 Å². The van der Waals surface area contributed by atoms with Crippen molar-refractivity contribution in [1.29, 1.82) is 0 Å². The van der Waals surface area contributed by atoms with Gasteiger partial charge in [0.25, 0.3) is 0 Å². The van der Waals surface area contributed by atoms with Gasteiger partial charge < -0.3 is 15.8 Å². The van der Waals surface area contributed by atoms with E-state index in [9.17, 15) is 4.79 Å². The largest absolute Gasteiger partial charge is 0.381 e. The Morgan fingerprint density at radius 3 is 2.58 bits per heavy atom. The predicted octanol–water partition coefficient (Wildman–Crippen LogP) is 4.37. The van der Waals surface area contributed by atoms with E-state index in [2.05, 4.69) is 60.8 Å². The van der Waals surface area contributed by atoms with Gasteiger partial charge in [-0.2, -0.15) is 0 Å². The van der Waals surface area contributed by atoms with Crippen molar-refractivity contribution in [3.05, 3.63) is 71.3 Å². The van der Waals surface area contributed by atoms with Crippen LogP contribution in [0.4, 0.5) is 11.4 Å². The zero-order valence-corrected chi connectivity index (χ0v) is 18.8. The van der Waals surface area contributed by atoms with Crippen LogP contribution in [0.3, 0.4) is 0 Å². The third-order valence-electron chi connectivity index (χ3n) is 7.40. The van der Waals surface area contributed by atoms with Gasteiger partial charge in [0.15, 0.2) is 5.96 Å². The standard InChI is InChI=1S/C27H28N4O2/c1-17-9-10-24(20-6-3-2-5-19(17)20)29-23-8-4-7-22-21(23)15-27(22)16-25(32)31(26(28)30-27)18-11-13-33-14-12-18/h2-10,18,29H,11-16H2,1H3,(H2,28,30)/t27-/m0/s1. The van der Waals surface area contributed by atoms with E-state index < -0.39 is 5.54 Å². The molecule has 3 aliphatic rings. The molecule has 0 radical (unpaired) electrons. The second-order valence-corrected chi connectivity index (χ2v) is 9.39. The molecule has 3 aromatic carbocycles. The Labute approximate surface area is 193 Å². The zero-order valence-electron chi connectivity index (χ0n) is 18.8. The minimum absolute atomic E-state index is 0.0722. The molecule has 1 saturated heterocycles. The number of ether oxygens (including phenoxy) is 1. The van der Waals surface area contributed by atoms with Crippen LogP contribution in [0.5, 0.6) is 0 Å². The Kier molecular flexibility index (Phi) is 4.66. The molecule has 6 rings (SSSR count). The number of guanidine groups is 1. The molecule has 33 heavy (non-hydrogen) atoms. The molecule has 0 unspecified atom stereocenters. The number of fused-ring (bicyclic) bond motifs is 3. The van der Waals surface area contributed by atoms with Crippen LogP contribution >= 0.6 is 0 Å². The zero-order chi connectivity index (χ0) is 22.6. The Bertz CT molecular complexity index is 1290. The van der Waals surface area contributed by atoms with Crippen molar-refractivity contribution in [3.8, 4) is 0 Å². The minimum atomic E-state index is -0.537. The van der Waals surface area contributed by atoms with Gasteiger partial charge in [-0.15, -0.1) is 0 Å². The van der Waals surface area contributed by atoms with Gasteiger partial charge in [0.2, 0.25) is 5.91 Å². The van der Waals surface area contributed by atoms with E-state index in [1.54, 1.807) is 4.90 Å². The molecule has 1 spiro atoms. The molecule has 0 aromatic heterocycles. The van der Waals surface area contributed by atoms with Crippen molar-refractivity contribution in [2.75, 3.05) is 18.5 Å². The van der Waals surface area contributed by atoms with Crippen LogP contribution in [-0.4, -0.2) is 36.0 Å². The SMILES string of the molecule is Cc1ccc(Nc2cccc3c2C[C@]32CC(=O)N(C3CCOCC3)C(N)=N2)c2ccccc12. The summed E-state index contributed by atoms with van der Waals surface area (Å²) in [4.78, 5) is 19.8. The first-order valence-electron chi connectivity index (χ1n) is 11.7. The van der Waals surface area contributed by atoms with Crippen molar-refractivity contribution in [2.45, 2.75) is 44.2 Å². The van der Waals surface area contributed by atoms with E-state index in [0.717, 1.165) is 29.8 Å². The number of carbonyl (C=O) groups is 1. The topological polar surface area (TPSA) is 80.0 Å². The van der Waals surface area contributed by atoms with Crippen molar-refractivity contribution in [2.24, 2.45) is 10.7 Å². The summed E-state index contributed by atoms with van der Waals surface area (Å²) in [6.45, 7) is 3.47. The molecule has 2 aliphatic heterocycles. The van der Waals surface area contributed by atoms with Crippen LogP contribution in [0.1, 0.15) is 36.0 Å². The van der Waals surface area contributed by atoms with Gasteiger partial charge in [0.1, 0.15) is 5.54 Å². The second-order valence-electron chi connectivity index (χ2n) is 9.39. The van der Waals surface area contributed by atoms with E-state index in [-0.39, 0.29) is 11.9 Å². The van der Waals surface area contributed by atoms with Gasteiger partial charge in [-0.05, 0) is 54.0 Å². The van der Waals surface area contributed by atoms with Gasteiger partial charge in [-0.3, -0.25) is 9.69 Å². The molecule has 6 heteroatoms. The highest BCUT2D eigenvalue weighted by Crippen LogP contribution is 2.50. The number of rotatable bonds is 3. The Hall–Kier alpha value is -3.38. The summed E-state index contributed by atoms with van der Waals surface area (Å²) in [6, 6.07) is 19.1. The molecule has 0 saturated carbocycles. The number of nitrogens with two attached hydrogens (primary N) is 1. The lowest BCUT2D eigenvalue weighted by atomic mass is 9.67. The minimum Gasteiger partial charge on any atom is -0.381 e. The number of hydrogen-bond acceptors (Lipinski definition) is 5. The molecular weight excluding hydrogens is 412 g/mol. The number of amides is 1. The van der Waals surface area contributed by atoms with Crippen molar-refractivity contribution in [3.63, 3.8) is 0 Å². The highest BCUT2D eigenvalue weighted by molar-refractivity contribution is 6.01. The van der Waals surface area contributed by atoms with Crippen LogP contribution in [0, 0.1) is 6.92 Å². The number of nitrogens with zero attached hydrogens (tertiary/aromatic N) is 2. The van der Waals surface area contributed by atoms with Gasteiger partial charge in [0, 0.05) is 42.4 Å². The monoisotopic (exact) mass is 440 g/mol. The summed E-state index contributed by atoms with van der Waals surface area (Å²) in [6.07, 6.45) is 2.70. The number of carbonyl (C=O) groups excluding carboxylic acids is 1. The quantitative estimate of drug-likeness (QED) is 0.634. The van der Waals surface area contributed by atoms with Gasteiger partial charge in [0.05, 0.1) is 6.42 Å². The molecular formula is C27H28N4O2. The van der Waals surface area contributed by atoms with E-state index in [1.807, 2.05) is 6.07 Å². The maximum absolute atomic E-state index is 13.2. The summed E-state index contributed by atoms with van der Waals surface area (Å²) >= 11 is 0. The molecule has 0 bridgehead atoms. The van der Waals surface area contributed by atoms with Gasteiger partial charge >= 0.3 is 0 Å². The highest BCUT2D eigenvalue weighted by Gasteiger charge is 2.50. The molecule has 2 heterocycles. The number of hydrogen-bond donors (Lipinski definition) is 2. The highest BCUT2D eigenvalue weighted by atomic mass is 16.5. The molecule has 1 atom stereocenters. The summed E-state index contributed by atoms with van der Waals surface area (Å²) in [5, 5.41) is 6.10. The average Bonchev–Trinajstić information content (AvgIpc) is 2.82. The van der Waals surface area contributed by atoms with E-state index in [1.165, 1.54) is 21.9 Å². The normalized spacial score (nSPS) is 22.8. The Morgan fingerprint density at radius 1 is 1.00 bits per heavy atom. The first kappa shape index (κ1) is 20.2. The predicted molar refractivity (Wildman–Crippen MR) is 131 cm³/mol. The molecule has 168 valence electrons. The molecule has 1 aliphatic carbocycles. The van der Waals surface area contributed by atoms with Crippen LogP contribution in [0.2, 0.25) is 0 Å². The van der Waals surface area contributed by atoms with E-state index in [0.29, 0.717) is 32.0 Å². The number of nitrogens with one attached hydrogen (secondary N) is 1. The number of aryl methyl sites for hydroxylation is 1. The van der Waals surface area contributed by atoms with Crippen LogP contribution in [-0.2, 0) is 21.5 Å². The molecule has 3 N–H and O–H groups in total. The summed E-state index contributed by atoms with van der Waals surface area (Å²) in [5.41, 5.74) is 11.6. The van der Waals surface area contributed by atoms with Crippen molar-refractivity contribution in [1.82, 2.24) is 4.90 Å². The van der Waals surface area contributed by atoms with Gasteiger partial charge in [-0.1, -0.05) is 42.5 Å². The summed E-state index contributed by atoms with van der Waals surface area (Å²) in [7, 11) is 0. The lowest BCUT2D eigenvalue weighted by Gasteiger charge is -2.47. The molecule has 3 aromatic rings. The Balaban J connectivity index is 1.32. The smallest absolute Gasteiger partial charge is 0.232 e. The first-order chi connectivity index (χ1) is 16.1. The summed E-state index contributed by atoms with van der Waals surface area (Å²) < 4.78 is 5.45. The van der Waals surface area contributed by atoms with E-state index >= 15 is 0 Å². The second kappa shape index (κ2) is 7.59. The van der Waals surface area contributed by atoms with E-state index in [4.69, 9.17) is 15.5 Å². The fourth-order valence-corrected chi connectivity index (χ4v) is 5.68. The fraction of sp³-hybridized carbons (Fsp3) is 0.333. The lowest BCUT2D eigenvalue weighted by Crippen LogP contribution is -2.58. The maximum atomic E-state index is 13.2. The molecule has 6 nitrogen and oxygen atoms in total. The summed E-state index contributed by atoms with van der Waals surface area (Å²) in [5.74, 6) is 0.426. The molecule has 1 amide bonds. The first-order valence-corrected chi connectivity index (χ1v) is 11.7. The van der Waals surface area contributed by atoms with Crippen LogP contribution in [0.15, 0.2) is 59.6 Å². The third kappa shape index (κ3) is 3.20. The Morgan fingerprint density at radius 2 is 1.79 bits per heavy atom.